The van der Waals surface area contributed by atoms with Crippen LogP contribution >= 0.6 is 0 Å². The zero-order chi connectivity index (χ0) is 15.8. The van der Waals surface area contributed by atoms with Gasteiger partial charge in [0.1, 0.15) is 5.82 Å². The summed E-state index contributed by atoms with van der Waals surface area (Å²) >= 11 is 0. The van der Waals surface area contributed by atoms with Crippen LogP contribution in [0.15, 0.2) is 28.8 Å². The van der Waals surface area contributed by atoms with Crippen LogP contribution in [0, 0.1) is 5.82 Å². The lowest BCUT2D eigenvalue weighted by molar-refractivity contribution is 0.0603. The molecule has 2 aliphatic heterocycles. The molecule has 0 aliphatic carbocycles. The number of benzene rings is 1. The quantitative estimate of drug-likeness (QED) is 0.941. The van der Waals surface area contributed by atoms with Crippen LogP contribution in [0.2, 0.25) is 0 Å². The van der Waals surface area contributed by atoms with Crippen molar-refractivity contribution in [3.63, 3.8) is 0 Å². The van der Waals surface area contributed by atoms with Crippen molar-refractivity contribution in [2.75, 3.05) is 12.4 Å². The van der Waals surface area contributed by atoms with Gasteiger partial charge in [0.15, 0.2) is 0 Å². The SMILES string of the molecule is CN1[C@@H]2CCC[C@H]1CC(Nc1nc(-c3ccc(F)cc3)no1)C2. The van der Waals surface area contributed by atoms with Crippen LogP contribution in [-0.4, -0.2) is 40.2 Å². The first kappa shape index (κ1) is 14.6. The van der Waals surface area contributed by atoms with Crippen LogP contribution < -0.4 is 5.32 Å². The van der Waals surface area contributed by atoms with Crippen molar-refractivity contribution in [2.24, 2.45) is 0 Å². The summed E-state index contributed by atoms with van der Waals surface area (Å²) in [5, 5.41) is 7.38. The highest BCUT2D eigenvalue weighted by molar-refractivity contribution is 5.55. The molecule has 122 valence electrons. The molecule has 3 atom stereocenters. The third kappa shape index (κ3) is 2.95. The number of hydrogen-bond acceptors (Lipinski definition) is 5. The Kier molecular flexibility index (Phi) is 3.77. The van der Waals surface area contributed by atoms with Gasteiger partial charge in [-0.05, 0) is 57.0 Å². The predicted molar refractivity (Wildman–Crippen MR) is 85.5 cm³/mol. The Morgan fingerprint density at radius 2 is 1.87 bits per heavy atom. The van der Waals surface area contributed by atoms with E-state index in [4.69, 9.17) is 4.52 Å². The summed E-state index contributed by atoms with van der Waals surface area (Å²) in [6.07, 6.45) is 6.11. The smallest absolute Gasteiger partial charge is 0.322 e. The van der Waals surface area contributed by atoms with E-state index >= 15 is 0 Å². The average Bonchev–Trinajstić information content (AvgIpc) is 2.97. The fraction of sp³-hybridized carbons (Fsp3) is 0.529. The summed E-state index contributed by atoms with van der Waals surface area (Å²) < 4.78 is 18.3. The molecule has 0 saturated carbocycles. The molecule has 1 aromatic heterocycles. The molecule has 0 spiro atoms. The van der Waals surface area contributed by atoms with Gasteiger partial charge in [0, 0.05) is 23.7 Å². The molecular formula is C17H21FN4O. The Balaban J connectivity index is 1.45. The van der Waals surface area contributed by atoms with Crippen LogP contribution in [0.5, 0.6) is 0 Å². The molecule has 2 bridgehead atoms. The molecule has 1 aromatic carbocycles. The third-order valence-corrected chi connectivity index (χ3v) is 5.20. The molecule has 4 rings (SSSR count). The van der Waals surface area contributed by atoms with Gasteiger partial charge in [-0.25, -0.2) is 4.39 Å². The lowest BCUT2D eigenvalue weighted by Gasteiger charge is -2.47. The molecule has 0 amide bonds. The Labute approximate surface area is 134 Å². The number of nitrogens with zero attached hydrogens (tertiary/aromatic N) is 3. The molecule has 3 heterocycles. The summed E-state index contributed by atoms with van der Waals surface area (Å²) in [5.41, 5.74) is 0.753. The molecule has 2 aliphatic rings. The Bertz CT molecular complexity index is 657. The molecule has 2 saturated heterocycles. The average molecular weight is 316 g/mol. The second-order valence-corrected chi connectivity index (χ2v) is 6.65. The lowest BCUT2D eigenvalue weighted by Crippen LogP contribution is -2.52. The number of rotatable bonds is 3. The first-order valence-corrected chi connectivity index (χ1v) is 8.27. The highest BCUT2D eigenvalue weighted by Crippen LogP contribution is 2.33. The Morgan fingerprint density at radius 1 is 1.17 bits per heavy atom. The van der Waals surface area contributed by atoms with Crippen LogP contribution in [0.3, 0.4) is 0 Å². The van der Waals surface area contributed by atoms with Crippen molar-refractivity contribution in [2.45, 2.75) is 50.2 Å². The van der Waals surface area contributed by atoms with Crippen molar-refractivity contribution in [1.29, 1.82) is 0 Å². The number of fused-ring (bicyclic) bond motifs is 2. The van der Waals surface area contributed by atoms with E-state index in [1.165, 1.54) is 31.4 Å². The maximum atomic E-state index is 13.0. The summed E-state index contributed by atoms with van der Waals surface area (Å²) in [6, 6.07) is 8.25. The highest BCUT2D eigenvalue weighted by atomic mass is 19.1. The predicted octanol–water partition coefficient (Wildman–Crippen LogP) is 3.30. The number of anilines is 1. The first-order valence-electron chi connectivity index (χ1n) is 8.27. The van der Waals surface area contributed by atoms with Gasteiger partial charge in [0.05, 0.1) is 0 Å². The molecule has 1 N–H and O–H groups in total. The first-order chi connectivity index (χ1) is 11.2. The molecule has 6 heteroatoms. The zero-order valence-corrected chi connectivity index (χ0v) is 13.2. The van der Waals surface area contributed by atoms with Crippen molar-refractivity contribution >= 4 is 6.01 Å². The lowest BCUT2D eigenvalue weighted by atomic mass is 9.82. The minimum atomic E-state index is -0.270. The minimum Gasteiger partial charge on any atom is -0.335 e. The van der Waals surface area contributed by atoms with Gasteiger partial charge in [0.25, 0.3) is 0 Å². The van der Waals surface area contributed by atoms with Crippen LogP contribution in [0.4, 0.5) is 10.4 Å². The van der Waals surface area contributed by atoms with Gasteiger partial charge in [-0.1, -0.05) is 11.6 Å². The maximum absolute atomic E-state index is 13.0. The number of aromatic nitrogens is 2. The molecule has 0 radical (unpaired) electrons. The highest BCUT2D eigenvalue weighted by Gasteiger charge is 2.36. The Morgan fingerprint density at radius 3 is 2.57 bits per heavy atom. The van der Waals surface area contributed by atoms with E-state index in [0.29, 0.717) is 30.0 Å². The number of halogens is 1. The van der Waals surface area contributed by atoms with E-state index in [1.54, 1.807) is 12.1 Å². The van der Waals surface area contributed by atoms with Crippen LogP contribution in [0.25, 0.3) is 11.4 Å². The Hall–Kier alpha value is -1.95. The van der Waals surface area contributed by atoms with E-state index < -0.39 is 0 Å². The monoisotopic (exact) mass is 316 g/mol. The molecule has 2 aromatic rings. The molecular weight excluding hydrogens is 295 g/mol. The van der Waals surface area contributed by atoms with Gasteiger partial charge < -0.3 is 14.7 Å². The summed E-state index contributed by atoms with van der Waals surface area (Å²) in [7, 11) is 2.24. The molecule has 5 nitrogen and oxygen atoms in total. The van der Waals surface area contributed by atoms with Crippen LogP contribution in [0.1, 0.15) is 32.1 Å². The summed E-state index contributed by atoms with van der Waals surface area (Å²) in [4.78, 5) is 6.92. The fourth-order valence-corrected chi connectivity index (χ4v) is 3.91. The number of nitrogens with one attached hydrogen (secondary N) is 1. The van der Waals surface area contributed by atoms with Crippen molar-refractivity contribution in [1.82, 2.24) is 15.0 Å². The molecule has 23 heavy (non-hydrogen) atoms. The zero-order valence-electron chi connectivity index (χ0n) is 13.2. The largest absolute Gasteiger partial charge is 0.335 e. The number of hydrogen-bond donors (Lipinski definition) is 1. The normalized spacial score (nSPS) is 27.8. The third-order valence-electron chi connectivity index (χ3n) is 5.20. The van der Waals surface area contributed by atoms with Crippen molar-refractivity contribution in [3.8, 4) is 11.4 Å². The number of piperidine rings is 2. The fourth-order valence-electron chi connectivity index (χ4n) is 3.91. The van der Waals surface area contributed by atoms with Crippen LogP contribution in [-0.2, 0) is 0 Å². The van der Waals surface area contributed by atoms with E-state index in [-0.39, 0.29) is 5.82 Å². The maximum Gasteiger partial charge on any atom is 0.322 e. The van der Waals surface area contributed by atoms with E-state index in [0.717, 1.165) is 18.4 Å². The van der Waals surface area contributed by atoms with Gasteiger partial charge in [-0.3, -0.25) is 0 Å². The van der Waals surface area contributed by atoms with Gasteiger partial charge in [-0.2, -0.15) is 4.98 Å². The van der Waals surface area contributed by atoms with Crippen molar-refractivity contribution < 1.29 is 8.91 Å². The molecule has 2 fully saturated rings. The summed E-state index contributed by atoms with van der Waals surface area (Å²) in [5.74, 6) is 0.217. The van der Waals surface area contributed by atoms with E-state index in [2.05, 4.69) is 27.4 Å². The van der Waals surface area contributed by atoms with Gasteiger partial charge in [0.2, 0.25) is 5.82 Å². The summed E-state index contributed by atoms with van der Waals surface area (Å²) in [6.45, 7) is 0. The molecule has 1 unspecified atom stereocenters. The standard InChI is InChI=1S/C17H21FN4O/c1-22-14-3-2-4-15(22)10-13(9-14)19-17-20-16(21-23-17)11-5-7-12(18)8-6-11/h5-8,13-15H,2-4,9-10H2,1H3,(H,19,20,21)/t13?,14-,15+. The second kappa shape index (κ2) is 5.92. The topological polar surface area (TPSA) is 54.2 Å². The van der Waals surface area contributed by atoms with Crippen molar-refractivity contribution in [3.05, 3.63) is 30.1 Å². The van der Waals surface area contributed by atoms with E-state index in [9.17, 15) is 4.39 Å². The second-order valence-electron chi connectivity index (χ2n) is 6.65. The van der Waals surface area contributed by atoms with Gasteiger partial charge >= 0.3 is 6.01 Å². The van der Waals surface area contributed by atoms with E-state index in [1.807, 2.05) is 0 Å². The minimum absolute atomic E-state index is 0.270. The van der Waals surface area contributed by atoms with Gasteiger partial charge in [-0.15, -0.1) is 0 Å².